The predicted octanol–water partition coefficient (Wildman–Crippen LogP) is 2.21. The van der Waals surface area contributed by atoms with Crippen molar-refractivity contribution >= 4 is 42.1 Å². The van der Waals surface area contributed by atoms with Gasteiger partial charge in [-0.2, -0.15) is 0 Å². The highest BCUT2D eigenvalue weighted by molar-refractivity contribution is 7.09. The fraction of sp³-hybridized carbons (Fsp3) is 0.692. The van der Waals surface area contributed by atoms with E-state index >= 15 is 0 Å². The summed E-state index contributed by atoms with van der Waals surface area (Å²) < 4.78 is 0. The van der Waals surface area contributed by atoms with Gasteiger partial charge in [0.25, 0.3) is 0 Å². The first-order chi connectivity index (χ1) is 8.69. The molecule has 116 valence electrons. The molecule has 2 rings (SSSR count). The maximum absolute atomic E-state index is 11.9. The van der Waals surface area contributed by atoms with E-state index in [-0.39, 0.29) is 36.8 Å². The van der Waals surface area contributed by atoms with Gasteiger partial charge in [0.1, 0.15) is 0 Å². The smallest absolute Gasteiger partial charge is 0.226 e. The van der Waals surface area contributed by atoms with E-state index < -0.39 is 0 Å². The van der Waals surface area contributed by atoms with Crippen LogP contribution in [0.2, 0.25) is 0 Å². The van der Waals surface area contributed by atoms with Crippen LogP contribution < -0.4 is 10.6 Å². The molecule has 4 nitrogen and oxygen atoms in total. The second-order valence-corrected chi connectivity index (χ2v) is 5.85. The van der Waals surface area contributed by atoms with Crippen molar-refractivity contribution in [1.29, 1.82) is 0 Å². The molecule has 1 saturated heterocycles. The number of nitrogens with one attached hydrogen (secondary N) is 2. The van der Waals surface area contributed by atoms with E-state index in [9.17, 15) is 4.79 Å². The summed E-state index contributed by atoms with van der Waals surface area (Å²) in [5, 5.41) is 9.52. The number of hydrogen-bond acceptors (Lipinski definition) is 4. The lowest BCUT2D eigenvalue weighted by molar-refractivity contribution is -0.121. The zero-order valence-corrected chi connectivity index (χ0v) is 14.3. The van der Waals surface area contributed by atoms with Gasteiger partial charge in [0.2, 0.25) is 5.91 Å². The van der Waals surface area contributed by atoms with E-state index in [1.807, 2.05) is 5.38 Å². The average Bonchev–Trinajstić information content (AvgIpc) is 2.80. The molecular formula is C13H23Cl2N3OS. The van der Waals surface area contributed by atoms with E-state index in [0.717, 1.165) is 36.6 Å². The van der Waals surface area contributed by atoms with Gasteiger partial charge in [-0.15, -0.1) is 36.2 Å². The number of rotatable bonds is 4. The molecule has 0 aromatic carbocycles. The molecule has 0 saturated carbocycles. The number of halogens is 2. The highest BCUT2D eigenvalue weighted by Crippen LogP contribution is 2.13. The Morgan fingerprint density at radius 3 is 2.90 bits per heavy atom. The predicted molar refractivity (Wildman–Crippen MR) is 88.3 cm³/mol. The fourth-order valence-electron chi connectivity index (χ4n) is 2.20. The van der Waals surface area contributed by atoms with Gasteiger partial charge in [-0.3, -0.25) is 4.79 Å². The molecule has 20 heavy (non-hydrogen) atoms. The van der Waals surface area contributed by atoms with Crippen molar-refractivity contribution in [2.45, 2.75) is 39.2 Å². The van der Waals surface area contributed by atoms with Crippen molar-refractivity contribution in [2.75, 3.05) is 13.1 Å². The topological polar surface area (TPSA) is 54.0 Å². The van der Waals surface area contributed by atoms with Gasteiger partial charge < -0.3 is 10.6 Å². The van der Waals surface area contributed by atoms with E-state index in [1.54, 1.807) is 11.3 Å². The number of thiazole rings is 1. The first kappa shape index (κ1) is 19.6. The Morgan fingerprint density at radius 2 is 2.30 bits per heavy atom. The Labute approximate surface area is 137 Å². The van der Waals surface area contributed by atoms with Crippen LogP contribution in [0.5, 0.6) is 0 Å². The van der Waals surface area contributed by atoms with Crippen LogP contribution in [0.4, 0.5) is 0 Å². The minimum absolute atomic E-state index is 0. The number of carbonyl (C=O) groups excluding carboxylic acids is 1. The SMILES string of the molecule is CCc1nc(CC(=O)NC2CNCCC2C)cs1.Cl.Cl. The highest BCUT2D eigenvalue weighted by Gasteiger charge is 2.22. The molecule has 1 aromatic rings. The van der Waals surface area contributed by atoms with Crippen LogP contribution in [0, 0.1) is 5.92 Å². The lowest BCUT2D eigenvalue weighted by Crippen LogP contribution is -2.50. The van der Waals surface area contributed by atoms with Crippen LogP contribution >= 0.6 is 36.2 Å². The third-order valence-corrected chi connectivity index (χ3v) is 4.46. The summed E-state index contributed by atoms with van der Waals surface area (Å²) in [6.07, 6.45) is 2.47. The quantitative estimate of drug-likeness (QED) is 0.884. The molecule has 1 aromatic heterocycles. The number of amides is 1. The van der Waals surface area contributed by atoms with E-state index in [4.69, 9.17) is 0 Å². The van der Waals surface area contributed by atoms with Crippen molar-refractivity contribution in [3.8, 4) is 0 Å². The van der Waals surface area contributed by atoms with Gasteiger partial charge in [-0.25, -0.2) is 4.98 Å². The molecule has 1 aliphatic rings. The van der Waals surface area contributed by atoms with Crippen LogP contribution in [0.15, 0.2) is 5.38 Å². The molecule has 0 spiro atoms. The molecule has 2 atom stereocenters. The van der Waals surface area contributed by atoms with Gasteiger partial charge >= 0.3 is 0 Å². The van der Waals surface area contributed by atoms with Crippen molar-refractivity contribution in [3.05, 3.63) is 16.1 Å². The summed E-state index contributed by atoms with van der Waals surface area (Å²) in [6, 6.07) is 0.260. The molecule has 2 N–H and O–H groups in total. The van der Waals surface area contributed by atoms with Crippen LogP contribution in [-0.2, 0) is 17.6 Å². The van der Waals surface area contributed by atoms with Crippen molar-refractivity contribution < 1.29 is 4.79 Å². The average molecular weight is 340 g/mol. The Morgan fingerprint density at radius 1 is 1.55 bits per heavy atom. The summed E-state index contributed by atoms with van der Waals surface area (Å²) in [6.45, 7) is 6.21. The molecule has 2 unspecified atom stereocenters. The Kier molecular flexibility index (Phi) is 9.38. The van der Waals surface area contributed by atoms with Crippen molar-refractivity contribution in [2.24, 2.45) is 5.92 Å². The summed E-state index contributed by atoms with van der Waals surface area (Å²) in [5.41, 5.74) is 0.894. The Bertz CT molecular complexity index is 414. The van der Waals surface area contributed by atoms with E-state index in [0.29, 0.717) is 12.3 Å². The Hall–Kier alpha value is -0.360. The maximum atomic E-state index is 11.9. The van der Waals surface area contributed by atoms with Gasteiger partial charge in [0.05, 0.1) is 17.1 Å². The highest BCUT2D eigenvalue weighted by atomic mass is 35.5. The number of nitrogens with zero attached hydrogens (tertiary/aromatic N) is 1. The zero-order valence-electron chi connectivity index (χ0n) is 11.8. The first-order valence-electron chi connectivity index (χ1n) is 6.62. The molecular weight excluding hydrogens is 317 g/mol. The van der Waals surface area contributed by atoms with Crippen LogP contribution in [-0.4, -0.2) is 30.0 Å². The van der Waals surface area contributed by atoms with Crippen molar-refractivity contribution in [1.82, 2.24) is 15.6 Å². The molecule has 7 heteroatoms. The van der Waals surface area contributed by atoms with Crippen LogP contribution in [0.3, 0.4) is 0 Å². The molecule has 1 aliphatic heterocycles. The monoisotopic (exact) mass is 339 g/mol. The molecule has 0 radical (unpaired) electrons. The van der Waals surface area contributed by atoms with Gasteiger partial charge in [-0.1, -0.05) is 13.8 Å². The number of hydrogen-bond donors (Lipinski definition) is 2. The van der Waals surface area contributed by atoms with Gasteiger partial charge in [0, 0.05) is 18.0 Å². The van der Waals surface area contributed by atoms with Crippen LogP contribution in [0.25, 0.3) is 0 Å². The normalized spacial score (nSPS) is 21.5. The number of carbonyl (C=O) groups is 1. The first-order valence-corrected chi connectivity index (χ1v) is 7.50. The standard InChI is InChI=1S/C13H21N3OS.2ClH/c1-3-13-15-10(8-18-13)6-12(17)16-11-7-14-5-4-9(11)2;;/h8-9,11,14H,3-7H2,1-2H3,(H,16,17);2*1H. The van der Waals surface area contributed by atoms with Crippen molar-refractivity contribution in [3.63, 3.8) is 0 Å². The molecule has 1 amide bonds. The third-order valence-electron chi connectivity index (χ3n) is 3.42. The molecule has 2 heterocycles. The summed E-state index contributed by atoms with van der Waals surface area (Å²) in [4.78, 5) is 16.4. The largest absolute Gasteiger partial charge is 0.351 e. The lowest BCUT2D eigenvalue weighted by atomic mass is 9.95. The minimum Gasteiger partial charge on any atom is -0.351 e. The number of aromatic nitrogens is 1. The van der Waals surface area contributed by atoms with Crippen LogP contribution in [0.1, 0.15) is 31.0 Å². The fourth-order valence-corrected chi connectivity index (χ4v) is 2.94. The lowest BCUT2D eigenvalue weighted by Gasteiger charge is -2.30. The second kappa shape index (κ2) is 9.55. The van der Waals surface area contributed by atoms with E-state index in [1.165, 1.54) is 0 Å². The van der Waals surface area contributed by atoms with Gasteiger partial charge in [0.15, 0.2) is 0 Å². The number of aryl methyl sites for hydroxylation is 1. The number of piperidine rings is 1. The molecule has 1 fully saturated rings. The summed E-state index contributed by atoms with van der Waals surface area (Å²) in [7, 11) is 0. The minimum atomic E-state index is 0. The maximum Gasteiger partial charge on any atom is 0.226 e. The zero-order chi connectivity index (χ0) is 13.0. The third kappa shape index (κ3) is 5.56. The molecule has 0 aliphatic carbocycles. The Balaban J connectivity index is 0.00000180. The second-order valence-electron chi connectivity index (χ2n) is 4.91. The molecule has 0 bridgehead atoms. The van der Waals surface area contributed by atoms with E-state index in [2.05, 4.69) is 29.5 Å². The van der Waals surface area contributed by atoms with Gasteiger partial charge in [-0.05, 0) is 25.3 Å². The summed E-state index contributed by atoms with van der Waals surface area (Å²) >= 11 is 1.63. The summed E-state index contributed by atoms with van der Waals surface area (Å²) in [5.74, 6) is 0.639.